The summed E-state index contributed by atoms with van der Waals surface area (Å²) in [4.78, 5) is 26.4. The number of aryl methyl sites for hydroxylation is 1. The third-order valence-corrected chi connectivity index (χ3v) is 6.89. The molecule has 0 bridgehead atoms. The van der Waals surface area contributed by atoms with E-state index < -0.39 is 0 Å². The van der Waals surface area contributed by atoms with Gasteiger partial charge in [0.05, 0.1) is 13.2 Å². The van der Waals surface area contributed by atoms with Crippen molar-refractivity contribution < 1.29 is 9.53 Å². The van der Waals surface area contributed by atoms with E-state index in [1.165, 1.54) is 0 Å². The van der Waals surface area contributed by atoms with Crippen molar-refractivity contribution in [3.8, 4) is 11.3 Å². The number of anilines is 2. The first-order valence-corrected chi connectivity index (χ1v) is 11.7. The molecule has 3 N–H and O–H groups in total. The van der Waals surface area contributed by atoms with Crippen molar-refractivity contribution in [2.75, 3.05) is 24.3 Å². The highest BCUT2D eigenvalue weighted by Gasteiger charge is 2.56. The van der Waals surface area contributed by atoms with Gasteiger partial charge in [-0.3, -0.25) is 9.20 Å². The fourth-order valence-electron chi connectivity index (χ4n) is 5.10. The number of ether oxygens (including phenoxy) is 1. The Bertz CT molecular complexity index is 1370. The van der Waals surface area contributed by atoms with Gasteiger partial charge in [0.25, 0.3) is 5.91 Å². The van der Waals surface area contributed by atoms with Gasteiger partial charge in [0, 0.05) is 35.6 Å². The zero-order chi connectivity index (χ0) is 23.2. The number of aromatic nitrogens is 4. The molecule has 4 heterocycles. The summed E-state index contributed by atoms with van der Waals surface area (Å²) < 4.78 is 7.63. The second-order valence-corrected chi connectivity index (χ2v) is 9.07. The Morgan fingerprint density at radius 1 is 1.15 bits per heavy atom. The first-order valence-electron chi connectivity index (χ1n) is 11.7. The molecule has 4 aromatic rings. The van der Waals surface area contributed by atoms with Crippen molar-refractivity contribution in [1.82, 2.24) is 19.4 Å². The third-order valence-electron chi connectivity index (χ3n) is 6.89. The zero-order valence-corrected chi connectivity index (χ0v) is 18.9. The van der Waals surface area contributed by atoms with Crippen molar-refractivity contribution >= 4 is 23.1 Å². The van der Waals surface area contributed by atoms with Crippen LogP contribution in [-0.4, -0.2) is 38.5 Å². The van der Waals surface area contributed by atoms with Gasteiger partial charge in [-0.05, 0) is 48.1 Å². The van der Waals surface area contributed by atoms with Crippen LogP contribution in [0.15, 0.2) is 55.0 Å². The molecule has 0 radical (unpaired) electrons. The molecule has 1 saturated heterocycles. The van der Waals surface area contributed by atoms with Crippen molar-refractivity contribution in [1.29, 1.82) is 0 Å². The molecule has 2 fully saturated rings. The Labute approximate surface area is 197 Å². The van der Waals surface area contributed by atoms with E-state index in [9.17, 15) is 4.79 Å². The smallest absolute Gasteiger partial charge is 0.256 e. The number of fused-ring (bicyclic) bond motifs is 2. The number of carbonyl (C=O) groups is 1. The van der Waals surface area contributed by atoms with Gasteiger partial charge >= 0.3 is 0 Å². The lowest BCUT2D eigenvalue weighted by Crippen LogP contribution is -2.13. The van der Waals surface area contributed by atoms with Crippen LogP contribution in [0.5, 0.6) is 0 Å². The number of nitrogens with one attached hydrogen (secondary N) is 1. The Balaban J connectivity index is 1.28. The van der Waals surface area contributed by atoms with Crippen LogP contribution in [0.25, 0.3) is 16.8 Å². The normalized spacial score (nSPS) is 20.9. The molecule has 6 rings (SSSR count). The summed E-state index contributed by atoms with van der Waals surface area (Å²) in [5.41, 5.74) is 10.5. The lowest BCUT2D eigenvalue weighted by Gasteiger charge is -2.07. The summed E-state index contributed by atoms with van der Waals surface area (Å²) in [6.07, 6.45) is 7.35. The van der Waals surface area contributed by atoms with Gasteiger partial charge in [-0.15, -0.1) is 0 Å². The Kier molecular flexibility index (Phi) is 5.03. The van der Waals surface area contributed by atoms with Crippen LogP contribution in [0, 0.1) is 11.8 Å². The van der Waals surface area contributed by atoms with Gasteiger partial charge in [0.1, 0.15) is 28.7 Å². The summed E-state index contributed by atoms with van der Waals surface area (Å²) in [5, 5.41) is 2.89. The lowest BCUT2D eigenvalue weighted by atomic mass is 10.1. The molecule has 8 heteroatoms. The summed E-state index contributed by atoms with van der Waals surface area (Å²) in [7, 11) is 0. The molecule has 1 saturated carbocycles. The minimum atomic E-state index is -0.199. The van der Waals surface area contributed by atoms with E-state index in [0.717, 1.165) is 54.2 Å². The number of carbonyl (C=O) groups excluding carboxylic acids is 1. The quantitative estimate of drug-likeness (QED) is 0.457. The Morgan fingerprint density at radius 2 is 1.94 bits per heavy atom. The van der Waals surface area contributed by atoms with Crippen molar-refractivity contribution in [3.63, 3.8) is 0 Å². The summed E-state index contributed by atoms with van der Waals surface area (Å²) in [5.74, 6) is 3.26. The molecule has 0 spiro atoms. The largest absolute Gasteiger partial charge is 0.382 e. The first kappa shape index (κ1) is 20.8. The van der Waals surface area contributed by atoms with E-state index in [1.54, 1.807) is 24.5 Å². The molecule has 3 atom stereocenters. The van der Waals surface area contributed by atoms with Crippen molar-refractivity contribution in [2.24, 2.45) is 11.8 Å². The SMILES string of the molecule is CCCc1ccnc(NC(=O)c2ccc(-c3nc(C4[C@H]5COC[C@@H]45)n4ccnc(N)c34)cc2)c1. The van der Waals surface area contributed by atoms with Crippen LogP contribution < -0.4 is 11.1 Å². The standard InChI is InChI=1S/C26H26N6O2/c1-2-3-15-8-9-28-20(12-15)30-26(33)17-6-4-16(5-7-17)22-23-24(27)29-10-11-32(23)25(31-22)21-18-13-34-14-19(18)21/h4-12,18-19,21H,2-3,13-14H2,1H3,(H2,27,29)(H,28,30,33)/t18-,19+,21?. The number of nitrogen functional groups attached to an aromatic ring is 1. The number of hydrogen-bond acceptors (Lipinski definition) is 6. The van der Waals surface area contributed by atoms with Crippen LogP contribution in [-0.2, 0) is 11.2 Å². The minimum Gasteiger partial charge on any atom is -0.382 e. The minimum absolute atomic E-state index is 0.199. The molecular formula is C26H26N6O2. The summed E-state index contributed by atoms with van der Waals surface area (Å²) >= 11 is 0. The number of nitrogens with zero attached hydrogens (tertiary/aromatic N) is 4. The van der Waals surface area contributed by atoms with Crippen LogP contribution >= 0.6 is 0 Å². The maximum atomic E-state index is 12.8. The number of hydrogen-bond donors (Lipinski definition) is 2. The number of rotatable bonds is 6. The number of amides is 1. The molecule has 2 aliphatic rings. The van der Waals surface area contributed by atoms with Crippen LogP contribution in [0.4, 0.5) is 11.6 Å². The summed E-state index contributed by atoms with van der Waals surface area (Å²) in [6.45, 7) is 3.71. The highest BCUT2D eigenvalue weighted by Crippen LogP contribution is 2.57. The van der Waals surface area contributed by atoms with Gasteiger partial charge in [0.2, 0.25) is 0 Å². The molecule has 34 heavy (non-hydrogen) atoms. The van der Waals surface area contributed by atoms with E-state index >= 15 is 0 Å². The number of imidazole rings is 1. The van der Waals surface area contributed by atoms with Gasteiger partial charge in [-0.2, -0.15) is 0 Å². The zero-order valence-electron chi connectivity index (χ0n) is 18.9. The Hall–Kier alpha value is -3.78. The average molecular weight is 455 g/mol. The number of benzene rings is 1. The average Bonchev–Trinajstić information content (AvgIpc) is 3.17. The maximum Gasteiger partial charge on any atom is 0.256 e. The van der Waals surface area contributed by atoms with Gasteiger partial charge in [0.15, 0.2) is 0 Å². The number of pyridine rings is 1. The maximum absolute atomic E-state index is 12.8. The molecule has 172 valence electrons. The summed E-state index contributed by atoms with van der Waals surface area (Å²) in [6, 6.07) is 11.3. The molecule has 1 aliphatic carbocycles. The molecule has 8 nitrogen and oxygen atoms in total. The lowest BCUT2D eigenvalue weighted by molar-refractivity contribution is 0.102. The van der Waals surface area contributed by atoms with E-state index in [4.69, 9.17) is 15.5 Å². The molecule has 1 unspecified atom stereocenters. The highest BCUT2D eigenvalue weighted by atomic mass is 16.5. The van der Waals surface area contributed by atoms with E-state index in [-0.39, 0.29) is 5.91 Å². The highest BCUT2D eigenvalue weighted by molar-refractivity contribution is 6.04. The topological polar surface area (TPSA) is 107 Å². The fraction of sp³-hybridized carbons (Fsp3) is 0.308. The van der Waals surface area contributed by atoms with Crippen LogP contribution in [0.2, 0.25) is 0 Å². The second kappa shape index (κ2) is 8.22. The molecule has 3 aromatic heterocycles. The van der Waals surface area contributed by atoms with Crippen molar-refractivity contribution in [2.45, 2.75) is 25.7 Å². The molecule has 1 aromatic carbocycles. The second-order valence-electron chi connectivity index (χ2n) is 9.07. The van der Waals surface area contributed by atoms with Crippen LogP contribution in [0.3, 0.4) is 0 Å². The predicted octanol–water partition coefficient (Wildman–Crippen LogP) is 3.94. The van der Waals surface area contributed by atoms with E-state index in [0.29, 0.717) is 35.0 Å². The molecular weight excluding hydrogens is 428 g/mol. The molecule has 1 aliphatic heterocycles. The van der Waals surface area contributed by atoms with E-state index in [2.05, 4.69) is 26.6 Å². The molecule has 1 amide bonds. The van der Waals surface area contributed by atoms with Gasteiger partial charge in [-0.25, -0.2) is 15.0 Å². The van der Waals surface area contributed by atoms with Gasteiger partial charge in [-0.1, -0.05) is 25.5 Å². The monoisotopic (exact) mass is 454 g/mol. The number of nitrogens with two attached hydrogens (primary N) is 1. The predicted molar refractivity (Wildman–Crippen MR) is 130 cm³/mol. The van der Waals surface area contributed by atoms with E-state index in [1.807, 2.05) is 30.5 Å². The Morgan fingerprint density at radius 3 is 2.71 bits per heavy atom. The van der Waals surface area contributed by atoms with Gasteiger partial charge < -0.3 is 15.8 Å². The third kappa shape index (κ3) is 3.51. The van der Waals surface area contributed by atoms with Crippen molar-refractivity contribution in [3.05, 3.63) is 71.9 Å². The fourth-order valence-corrected chi connectivity index (χ4v) is 5.10. The van der Waals surface area contributed by atoms with Crippen LogP contribution in [0.1, 0.15) is 41.0 Å². The first-order chi connectivity index (χ1) is 16.6.